The first kappa shape index (κ1) is 16.0. The second kappa shape index (κ2) is 7.37. The van der Waals surface area contributed by atoms with Gasteiger partial charge in [0.25, 0.3) is 0 Å². The van der Waals surface area contributed by atoms with Crippen molar-refractivity contribution in [1.82, 2.24) is 0 Å². The predicted octanol–water partition coefficient (Wildman–Crippen LogP) is 4.02. The molecule has 0 spiro atoms. The molecule has 0 fully saturated rings. The molecule has 0 saturated heterocycles. The van der Waals surface area contributed by atoms with Crippen LogP contribution in [0.25, 0.3) is 0 Å². The quantitative estimate of drug-likeness (QED) is 0.399. The van der Waals surface area contributed by atoms with Crippen molar-refractivity contribution < 1.29 is 31.1 Å². The third-order valence-electron chi connectivity index (χ3n) is 1.46. The van der Waals surface area contributed by atoms with Crippen LogP contribution < -0.4 is 0 Å². The Morgan fingerprint density at radius 1 is 0.647 bits per heavy atom. The van der Waals surface area contributed by atoms with Gasteiger partial charge in [-0.15, -0.1) is 0 Å². The predicted molar refractivity (Wildman–Crippen MR) is 50.4 cm³/mol. The van der Waals surface area contributed by atoms with E-state index in [9.17, 15) is 26.3 Å². The summed E-state index contributed by atoms with van der Waals surface area (Å²) in [7, 11) is 0. The van der Waals surface area contributed by atoms with Gasteiger partial charge in [-0.05, 0) is 0 Å². The average Bonchev–Trinajstić information content (AvgIpc) is 2.11. The van der Waals surface area contributed by atoms with Gasteiger partial charge in [0.2, 0.25) is 0 Å². The van der Waals surface area contributed by atoms with Crippen molar-refractivity contribution in [3.63, 3.8) is 0 Å². The summed E-state index contributed by atoms with van der Waals surface area (Å²) >= 11 is 0. The second-order valence-electron chi connectivity index (χ2n) is 3.12. The lowest BCUT2D eigenvalue weighted by Gasteiger charge is -2.01. The van der Waals surface area contributed by atoms with Gasteiger partial charge in [0.05, 0.1) is 26.1 Å². The number of hydrogen-bond donors (Lipinski definition) is 0. The van der Waals surface area contributed by atoms with E-state index < -0.39 is 25.2 Å². The summed E-state index contributed by atoms with van der Waals surface area (Å²) in [6, 6.07) is 0. The Kier molecular flexibility index (Phi) is 6.94. The monoisotopic (exact) mass is 262 g/mol. The van der Waals surface area contributed by atoms with Gasteiger partial charge in [-0.1, -0.05) is 24.3 Å². The minimum Gasteiger partial charge on any atom is -0.373 e. The molecule has 0 aromatic carbocycles. The minimum absolute atomic E-state index is 0.0631. The summed E-state index contributed by atoms with van der Waals surface area (Å²) in [5, 5.41) is 0. The summed E-state index contributed by atoms with van der Waals surface area (Å²) in [6.07, 6.45) is -6.43. The van der Waals surface area contributed by atoms with E-state index in [1.54, 1.807) is 0 Å². The van der Waals surface area contributed by atoms with Crippen LogP contribution in [0.4, 0.5) is 26.3 Å². The molecule has 0 atom stereocenters. The highest BCUT2D eigenvalue weighted by atomic mass is 19.4. The van der Waals surface area contributed by atoms with Gasteiger partial charge in [0, 0.05) is 0 Å². The molecule has 0 aromatic rings. The van der Waals surface area contributed by atoms with Crippen LogP contribution in [0.15, 0.2) is 24.3 Å². The third kappa shape index (κ3) is 15.0. The molecule has 0 aliphatic heterocycles. The molecule has 0 aliphatic rings. The SMILES string of the molecule is FC(F)(F)CC=CCOCC=CCC(F)(F)F. The van der Waals surface area contributed by atoms with Crippen LogP contribution in [0.5, 0.6) is 0 Å². The van der Waals surface area contributed by atoms with Crippen LogP contribution in [0, 0.1) is 0 Å². The Morgan fingerprint density at radius 3 is 1.29 bits per heavy atom. The first-order chi connectivity index (χ1) is 7.71. The van der Waals surface area contributed by atoms with E-state index in [1.807, 2.05) is 0 Å². The van der Waals surface area contributed by atoms with Crippen molar-refractivity contribution in [3.05, 3.63) is 24.3 Å². The lowest BCUT2D eigenvalue weighted by molar-refractivity contribution is -0.125. The molecule has 0 bridgehead atoms. The molecule has 17 heavy (non-hydrogen) atoms. The molecule has 0 aromatic heterocycles. The Balaban J connectivity index is 3.47. The second-order valence-corrected chi connectivity index (χ2v) is 3.12. The largest absolute Gasteiger partial charge is 0.392 e. The van der Waals surface area contributed by atoms with Gasteiger partial charge in [-0.3, -0.25) is 0 Å². The maximum absolute atomic E-state index is 11.6. The van der Waals surface area contributed by atoms with Crippen LogP contribution >= 0.6 is 0 Å². The summed E-state index contributed by atoms with van der Waals surface area (Å²) < 4.78 is 74.6. The molecular formula is C10H12F6O. The van der Waals surface area contributed by atoms with Crippen LogP contribution in [0.3, 0.4) is 0 Å². The van der Waals surface area contributed by atoms with Crippen molar-refractivity contribution >= 4 is 0 Å². The minimum atomic E-state index is -4.25. The van der Waals surface area contributed by atoms with Crippen LogP contribution in [0.2, 0.25) is 0 Å². The molecule has 0 heterocycles. The van der Waals surface area contributed by atoms with Gasteiger partial charge in [-0.25, -0.2) is 0 Å². The Labute approximate surface area is 94.8 Å². The van der Waals surface area contributed by atoms with Gasteiger partial charge in [0.1, 0.15) is 0 Å². The standard InChI is InChI=1S/C10H12F6O/c11-9(12,13)5-1-3-7-17-8-4-2-6-10(14,15)16/h1-4H,5-8H2. The van der Waals surface area contributed by atoms with Gasteiger partial charge in [-0.2, -0.15) is 26.3 Å². The van der Waals surface area contributed by atoms with E-state index in [-0.39, 0.29) is 13.2 Å². The van der Waals surface area contributed by atoms with E-state index in [0.717, 1.165) is 12.2 Å². The highest BCUT2D eigenvalue weighted by Crippen LogP contribution is 2.20. The highest BCUT2D eigenvalue weighted by molar-refractivity contribution is 4.86. The maximum atomic E-state index is 11.6. The molecule has 0 amide bonds. The number of alkyl halides is 6. The smallest absolute Gasteiger partial charge is 0.373 e. The zero-order valence-electron chi connectivity index (χ0n) is 8.81. The molecular weight excluding hydrogens is 250 g/mol. The van der Waals surface area contributed by atoms with E-state index in [1.165, 1.54) is 12.2 Å². The van der Waals surface area contributed by atoms with Crippen molar-refractivity contribution in [2.75, 3.05) is 13.2 Å². The number of rotatable bonds is 6. The topological polar surface area (TPSA) is 9.23 Å². The van der Waals surface area contributed by atoms with Gasteiger partial charge >= 0.3 is 12.4 Å². The van der Waals surface area contributed by atoms with E-state index in [4.69, 9.17) is 4.74 Å². The zero-order valence-corrected chi connectivity index (χ0v) is 8.81. The number of ether oxygens (including phenoxy) is 1. The molecule has 0 rings (SSSR count). The highest BCUT2D eigenvalue weighted by Gasteiger charge is 2.24. The van der Waals surface area contributed by atoms with E-state index in [2.05, 4.69) is 0 Å². The molecule has 0 N–H and O–H groups in total. The maximum Gasteiger partial charge on any atom is 0.392 e. The van der Waals surface area contributed by atoms with Gasteiger partial charge in [0.15, 0.2) is 0 Å². The number of halogens is 6. The zero-order chi connectivity index (χ0) is 13.4. The average molecular weight is 262 g/mol. The molecule has 1 nitrogen and oxygen atoms in total. The van der Waals surface area contributed by atoms with Gasteiger partial charge < -0.3 is 4.74 Å². The number of hydrogen-bond acceptors (Lipinski definition) is 1. The first-order valence-electron chi connectivity index (χ1n) is 4.72. The lowest BCUT2D eigenvalue weighted by atomic mass is 10.3. The molecule has 0 aliphatic carbocycles. The number of allylic oxidation sites excluding steroid dienone is 2. The molecule has 0 radical (unpaired) electrons. The fourth-order valence-corrected chi connectivity index (χ4v) is 0.774. The van der Waals surface area contributed by atoms with E-state index in [0.29, 0.717) is 0 Å². The fourth-order valence-electron chi connectivity index (χ4n) is 0.774. The van der Waals surface area contributed by atoms with Crippen LogP contribution in [-0.4, -0.2) is 25.6 Å². The first-order valence-corrected chi connectivity index (χ1v) is 4.72. The fraction of sp³-hybridized carbons (Fsp3) is 0.600. The van der Waals surface area contributed by atoms with Crippen molar-refractivity contribution in [2.45, 2.75) is 25.2 Å². The van der Waals surface area contributed by atoms with Crippen molar-refractivity contribution in [2.24, 2.45) is 0 Å². The molecule has 0 unspecified atom stereocenters. The summed E-state index contributed by atoms with van der Waals surface area (Å²) in [5.41, 5.74) is 0. The lowest BCUT2D eigenvalue weighted by Crippen LogP contribution is -2.04. The summed E-state index contributed by atoms with van der Waals surface area (Å²) in [4.78, 5) is 0. The Hall–Kier alpha value is -0.980. The normalized spacial score (nSPS) is 14.0. The van der Waals surface area contributed by atoms with Crippen LogP contribution in [0.1, 0.15) is 12.8 Å². The third-order valence-corrected chi connectivity index (χ3v) is 1.46. The van der Waals surface area contributed by atoms with Crippen molar-refractivity contribution in [1.29, 1.82) is 0 Å². The molecule has 0 saturated carbocycles. The summed E-state index contributed by atoms with van der Waals surface area (Å²) in [5.74, 6) is 0. The Bertz CT molecular complexity index is 225. The molecule has 100 valence electrons. The Morgan fingerprint density at radius 2 is 1.00 bits per heavy atom. The van der Waals surface area contributed by atoms with Crippen molar-refractivity contribution in [3.8, 4) is 0 Å². The summed E-state index contributed by atoms with van der Waals surface area (Å²) in [6.45, 7) is -0.126. The van der Waals surface area contributed by atoms with Crippen LogP contribution in [-0.2, 0) is 4.74 Å². The molecule has 7 heteroatoms. The van der Waals surface area contributed by atoms with E-state index >= 15 is 0 Å².